The van der Waals surface area contributed by atoms with Crippen molar-refractivity contribution in [1.82, 2.24) is 16.0 Å². The van der Waals surface area contributed by atoms with E-state index < -0.39 is 28.0 Å². The van der Waals surface area contributed by atoms with Gasteiger partial charge in [-0.2, -0.15) is 0 Å². The van der Waals surface area contributed by atoms with Crippen molar-refractivity contribution in [1.29, 1.82) is 0 Å². The predicted molar refractivity (Wildman–Crippen MR) is 91.5 cm³/mol. The van der Waals surface area contributed by atoms with Gasteiger partial charge in [0.25, 0.3) is 0 Å². The minimum absolute atomic E-state index is 0.0620. The van der Waals surface area contributed by atoms with Gasteiger partial charge >= 0.3 is 6.03 Å². The van der Waals surface area contributed by atoms with Crippen LogP contribution >= 0.6 is 11.6 Å². The molecule has 1 aromatic carbocycles. The third kappa shape index (κ3) is 5.38. The summed E-state index contributed by atoms with van der Waals surface area (Å²) in [6, 6.07) is 5.42. The summed E-state index contributed by atoms with van der Waals surface area (Å²) < 4.78 is 22.7. The lowest BCUT2D eigenvalue weighted by Gasteiger charge is -2.17. The summed E-state index contributed by atoms with van der Waals surface area (Å²) in [5, 5.41) is 8.31. The van der Waals surface area contributed by atoms with Crippen LogP contribution in [-0.4, -0.2) is 43.9 Å². The van der Waals surface area contributed by atoms with E-state index in [1.807, 2.05) is 6.07 Å². The Balaban J connectivity index is 1.77. The van der Waals surface area contributed by atoms with E-state index in [4.69, 9.17) is 11.6 Å². The smallest absolute Gasteiger partial charge is 0.315 e. The molecule has 3 N–H and O–H groups in total. The molecule has 24 heavy (non-hydrogen) atoms. The van der Waals surface area contributed by atoms with Crippen molar-refractivity contribution >= 4 is 33.4 Å². The number of halogens is 1. The molecular formula is C15H20ClN3O4S. The first-order valence-corrected chi connectivity index (χ1v) is 9.75. The summed E-state index contributed by atoms with van der Waals surface area (Å²) in [7, 11) is -3.06. The second kappa shape index (κ2) is 7.85. The fraction of sp³-hybridized carbons (Fsp3) is 0.467. The van der Waals surface area contributed by atoms with Crippen LogP contribution in [0.25, 0.3) is 0 Å². The van der Waals surface area contributed by atoms with Gasteiger partial charge in [0.05, 0.1) is 11.5 Å². The number of hydrogen-bond donors (Lipinski definition) is 3. The summed E-state index contributed by atoms with van der Waals surface area (Å²) >= 11 is 6.01. The molecule has 1 saturated heterocycles. The lowest BCUT2D eigenvalue weighted by molar-refractivity contribution is -0.122. The minimum atomic E-state index is -3.06. The maximum Gasteiger partial charge on any atom is 0.315 e. The van der Waals surface area contributed by atoms with Crippen LogP contribution in [0.5, 0.6) is 0 Å². The average Bonchev–Trinajstić information content (AvgIpc) is 2.84. The highest BCUT2D eigenvalue weighted by atomic mass is 35.5. The third-order valence-corrected chi connectivity index (χ3v) is 5.86. The zero-order valence-corrected chi connectivity index (χ0v) is 14.8. The zero-order valence-electron chi connectivity index (χ0n) is 13.2. The van der Waals surface area contributed by atoms with E-state index in [1.165, 1.54) is 0 Å². The highest BCUT2D eigenvalue weighted by Gasteiger charge is 2.29. The van der Waals surface area contributed by atoms with E-state index in [1.54, 1.807) is 25.1 Å². The molecule has 0 saturated carbocycles. The van der Waals surface area contributed by atoms with Gasteiger partial charge in [-0.25, -0.2) is 13.2 Å². The maximum atomic E-state index is 12.0. The van der Waals surface area contributed by atoms with Crippen molar-refractivity contribution in [3.05, 3.63) is 34.9 Å². The Hall–Kier alpha value is -1.80. The highest BCUT2D eigenvalue weighted by molar-refractivity contribution is 7.91. The van der Waals surface area contributed by atoms with Crippen molar-refractivity contribution in [2.75, 3.05) is 11.5 Å². The first-order valence-electron chi connectivity index (χ1n) is 7.55. The molecule has 0 bridgehead atoms. The zero-order chi connectivity index (χ0) is 17.7. The van der Waals surface area contributed by atoms with Crippen LogP contribution in [-0.2, 0) is 21.2 Å². The predicted octanol–water partition coefficient (Wildman–Crippen LogP) is 0.831. The normalized spacial score (nSPS) is 20.2. The van der Waals surface area contributed by atoms with Crippen molar-refractivity contribution in [3.63, 3.8) is 0 Å². The Morgan fingerprint density at radius 1 is 1.33 bits per heavy atom. The molecule has 1 aromatic rings. The van der Waals surface area contributed by atoms with Gasteiger partial charge in [0, 0.05) is 17.6 Å². The van der Waals surface area contributed by atoms with E-state index in [9.17, 15) is 18.0 Å². The first kappa shape index (κ1) is 18.5. The maximum absolute atomic E-state index is 12.0. The molecular weight excluding hydrogens is 354 g/mol. The molecule has 0 aromatic heterocycles. The monoisotopic (exact) mass is 373 g/mol. The molecule has 0 radical (unpaired) electrons. The minimum Gasteiger partial charge on any atom is -0.350 e. The number of carbonyl (C=O) groups excluding carboxylic acids is 2. The largest absolute Gasteiger partial charge is 0.350 e. The summed E-state index contributed by atoms with van der Waals surface area (Å²) in [6.07, 6.45) is 0.392. The molecule has 7 nitrogen and oxygen atoms in total. The van der Waals surface area contributed by atoms with Gasteiger partial charge in [0.2, 0.25) is 5.91 Å². The fourth-order valence-corrected chi connectivity index (χ4v) is 4.25. The summed E-state index contributed by atoms with van der Waals surface area (Å²) in [5.41, 5.74) is 0.778. The lowest BCUT2D eigenvalue weighted by atomic mass is 10.2. The van der Waals surface area contributed by atoms with Gasteiger partial charge in [0.1, 0.15) is 6.04 Å². The molecule has 132 valence electrons. The van der Waals surface area contributed by atoms with Gasteiger partial charge in [0.15, 0.2) is 9.84 Å². The molecule has 1 aliphatic rings. The summed E-state index contributed by atoms with van der Waals surface area (Å²) in [5.74, 6) is -0.344. The quantitative estimate of drug-likeness (QED) is 0.711. The van der Waals surface area contributed by atoms with Gasteiger partial charge in [-0.15, -0.1) is 0 Å². The molecule has 9 heteroatoms. The number of hydrogen-bond acceptors (Lipinski definition) is 4. The van der Waals surface area contributed by atoms with Gasteiger partial charge in [-0.1, -0.05) is 29.8 Å². The average molecular weight is 374 g/mol. The lowest BCUT2D eigenvalue weighted by Crippen LogP contribution is -2.50. The molecule has 0 unspecified atom stereocenters. The van der Waals surface area contributed by atoms with E-state index in [0.717, 1.165) is 5.56 Å². The molecule has 0 spiro atoms. The van der Waals surface area contributed by atoms with Gasteiger partial charge in [-0.05, 0) is 25.0 Å². The topological polar surface area (TPSA) is 104 Å². The van der Waals surface area contributed by atoms with Crippen LogP contribution in [0.15, 0.2) is 24.3 Å². The second-order valence-corrected chi connectivity index (χ2v) is 8.38. The molecule has 3 amide bonds. The number of rotatable bonds is 5. The van der Waals surface area contributed by atoms with Gasteiger partial charge < -0.3 is 16.0 Å². The van der Waals surface area contributed by atoms with E-state index in [2.05, 4.69) is 16.0 Å². The number of benzene rings is 1. The van der Waals surface area contributed by atoms with Crippen molar-refractivity contribution < 1.29 is 18.0 Å². The molecule has 2 atom stereocenters. The Kier molecular flexibility index (Phi) is 6.06. The number of nitrogens with one attached hydrogen (secondary N) is 3. The Morgan fingerprint density at radius 2 is 2.04 bits per heavy atom. The molecule has 1 fully saturated rings. The first-order chi connectivity index (χ1) is 11.3. The Labute approximate surface area is 146 Å². The van der Waals surface area contributed by atoms with E-state index >= 15 is 0 Å². The van der Waals surface area contributed by atoms with Crippen LogP contribution in [0.3, 0.4) is 0 Å². The van der Waals surface area contributed by atoms with E-state index in [-0.39, 0.29) is 24.0 Å². The van der Waals surface area contributed by atoms with Crippen LogP contribution < -0.4 is 16.0 Å². The van der Waals surface area contributed by atoms with Crippen LogP contribution in [0.4, 0.5) is 4.79 Å². The van der Waals surface area contributed by atoms with Crippen LogP contribution in [0, 0.1) is 0 Å². The molecule has 2 rings (SSSR count). The van der Waals surface area contributed by atoms with E-state index in [0.29, 0.717) is 11.4 Å². The summed E-state index contributed by atoms with van der Waals surface area (Å²) in [6.45, 7) is 1.81. The SMILES string of the molecule is C[C@H](NC(=O)N[C@H]1CCS(=O)(=O)C1)C(=O)NCc1ccccc1Cl. The Morgan fingerprint density at radius 3 is 2.67 bits per heavy atom. The van der Waals surface area contributed by atoms with Gasteiger partial charge in [-0.3, -0.25) is 4.79 Å². The second-order valence-electron chi connectivity index (χ2n) is 5.75. The Bertz CT molecular complexity index is 723. The number of carbonyl (C=O) groups is 2. The third-order valence-electron chi connectivity index (χ3n) is 3.72. The van der Waals surface area contributed by atoms with Crippen LogP contribution in [0.1, 0.15) is 18.9 Å². The highest BCUT2D eigenvalue weighted by Crippen LogP contribution is 2.14. The number of sulfone groups is 1. The summed E-state index contributed by atoms with van der Waals surface area (Å²) in [4.78, 5) is 23.8. The number of amides is 3. The van der Waals surface area contributed by atoms with Crippen molar-refractivity contribution in [2.45, 2.75) is 32.0 Å². The molecule has 1 aliphatic heterocycles. The fourth-order valence-electron chi connectivity index (χ4n) is 2.38. The number of urea groups is 1. The van der Waals surface area contributed by atoms with Crippen molar-refractivity contribution in [2.24, 2.45) is 0 Å². The molecule has 1 heterocycles. The van der Waals surface area contributed by atoms with Crippen LogP contribution in [0.2, 0.25) is 5.02 Å². The molecule has 0 aliphatic carbocycles. The standard InChI is InChI=1S/C15H20ClN3O4S/c1-10(14(20)17-8-11-4-2-3-5-13(11)16)18-15(21)19-12-6-7-24(22,23)9-12/h2-5,10,12H,6-9H2,1H3,(H,17,20)(H2,18,19,21)/t10-,12-/m0/s1. The van der Waals surface area contributed by atoms with Crippen molar-refractivity contribution in [3.8, 4) is 0 Å².